The second-order valence-electron chi connectivity index (χ2n) is 6.66. The van der Waals surface area contributed by atoms with E-state index in [9.17, 15) is 13.2 Å². The Hall–Kier alpha value is -2.09. The number of carbonyl (C=O) groups is 1. The van der Waals surface area contributed by atoms with Crippen LogP contribution >= 0.6 is 0 Å². The molecule has 2 rings (SSSR count). The first kappa shape index (κ1) is 21.2. The van der Waals surface area contributed by atoms with Crippen LogP contribution in [0.3, 0.4) is 0 Å². The number of hydrogen-bond donors (Lipinski definition) is 1. The molecule has 0 saturated carbocycles. The average Bonchev–Trinajstić information content (AvgIpc) is 2.65. The van der Waals surface area contributed by atoms with Crippen LogP contribution in [0.5, 0.6) is 0 Å². The SMILES string of the molecule is CCNC(=NCCCS(=O)(=O)Cc1ccccc1)N1CCN(C(C)=O)CC1. The summed E-state index contributed by atoms with van der Waals surface area (Å²) in [5.41, 5.74) is 0.817. The van der Waals surface area contributed by atoms with Crippen molar-refractivity contribution < 1.29 is 13.2 Å². The van der Waals surface area contributed by atoms with Crippen LogP contribution in [0.4, 0.5) is 0 Å². The molecule has 0 aromatic heterocycles. The van der Waals surface area contributed by atoms with E-state index in [4.69, 9.17) is 0 Å². The van der Waals surface area contributed by atoms with Crippen LogP contribution in [0.2, 0.25) is 0 Å². The number of nitrogens with one attached hydrogen (secondary N) is 1. The van der Waals surface area contributed by atoms with E-state index >= 15 is 0 Å². The lowest BCUT2D eigenvalue weighted by atomic mass is 10.2. The summed E-state index contributed by atoms with van der Waals surface area (Å²) in [6.07, 6.45) is 0.497. The molecular weight excluding hydrogens is 364 g/mol. The highest BCUT2D eigenvalue weighted by Crippen LogP contribution is 2.08. The third-order valence-electron chi connectivity index (χ3n) is 4.46. The highest BCUT2D eigenvalue weighted by atomic mass is 32.2. The fourth-order valence-corrected chi connectivity index (χ4v) is 4.44. The van der Waals surface area contributed by atoms with Gasteiger partial charge < -0.3 is 15.1 Å². The predicted molar refractivity (Wildman–Crippen MR) is 108 cm³/mol. The summed E-state index contributed by atoms with van der Waals surface area (Å²) in [5.74, 6) is 1.09. The number of rotatable bonds is 7. The average molecular weight is 395 g/mol. The van der Waals surface area contributed by atoms with Crippen molar-refractivity contribution in [3.05, 3.63) is 35.9 Å². The predicted octanol–water partition coefficient (Wildman–Crippen LogP) is 1.12. The second-order valence-corrected chi connectivity index (χ2v) is 8.84. The normalized spacial score (nSPS) is 15.7. The third-order valence-corrected chi connectivity index (χ3v) is 6.15. The summed E-state index contributed by atoms with van der Waals surface area (Å²) in [7, 11) is -3.13. The van der Waals surface area contributed by atoms with Gasteiger partial charge in [0.25, 0.3) is 0 Å². The number of aliphatic imine (C=N–C) groups is 1. The Morgan fingerprint density at radius 1 is 1.11 bits per heavy atom. The molecule has 150 valence electrons. The Bertz CT molecular complexity index is 727. The summed E-state index contributed by atoms with van der Waals surface area (Å²) in [5, 5.41) is 3.26. The molecule has 8 heteroatoms. The van der Waals surface area contributed by atoms with Crippen LogP contribution in [0.15, 0.2) is 35.3 Å². The minimum absolute atomic E-state index is 0.0740. The van der Waals surface area contributed by atoms with Crippen molar-refractivity contribution in [2.24, 2.45) is 4.99 Å². The molecule has 27 heavy (non-hydrogen) atoms. The van der Waals surface area contributed by atoms with E-state index < -0.39 is 9.84 Å². The van der Waals surface area contributed by atoms with Gasteiger partial charge in [-0.25, -0.2) is 8.42 Å². The minimum Gasteiger partial charge on any atom is -0.357 e. The fraction of sp³-hybridized carbons (Fsp3) is 0.579. The topological polar surface area (TPSA) is 82.1 Å². The van der Waals surface area contributed by atoms with Gasteiger partial charge in [0.05, 0.1) is 11.5 Å². The quantitative estimate of drug-likeness (QED) is 0.426. The van der Waals surface area contributed by atoms with Crippen molar-refractivity contribution >= 4 is 21.7 Å². The van der Waals surface area contributed by atoms with E-state index in [1.807, 2.05) is 42.2 Å². The van der Waals surface area contributed by atoms with E-state index in [2.05, 4.69) is 15.2 Å². The van der Waals surface area contributed by atoms with Crippen LogP contribution in [-0.4, -0.2) is 75.1 Å². The molecule has 1 N–H and O–H groups in total. The monoisotopic (exact) mass is 394 g/mol. The van der Waals surface area contributed by atoms with Crippen LogP contribution in [0.1, 0.15) is 25.8 Å². The number of amides is 1. The maximum Gasteiger partial charge on any atom is 0.219 e. The third kappa shape index (κ3) is 7.21. The Kier molecular flexibility index (Phi) is 8.09. The van der Waals surface area contributed by atoms with Gasteiger partial charge in [-0.2, -0.15) is 0 Å². The molecule has 0 radical (unpaired) electrons. The molecule has 1 aliphatic rings. The zero-order valence-corrected chi connectivity index (χ0v) is 17.0. The Morgan fingerprint density at radius 3 is 2.33 bits per heavy atom. The largest absolute Gasteiger partial charge is 0.357 e. The number of guanidine groups is 1. The van der Waals surface area contributed by atoms with E-state index in [0.29, 0.717) is 26.1 Å². The smallest absolute Gasteiger partial charge is 0.219 e. The summed E-state index contributed by atoms with van der Waals surface area (Å²) < 4.78 is 24.5. The van der Waals surface area contributed by atoms with Gasteiger partial charge in [-0.15, -0.1) is 0 Å². The fourth-order valence-electron chi connectivity index (χ4n) is 3.03. The van der Waals surface area contributed by atoms with Crippen molar-refractivity contribution in [3.8, 4) is 0 Å². The summed E-state index contributed by atoms with van der Waals surface area (Å²) in [6.45, 7) is 7.64. The number of nitrogens with zero attached hydrogens (tertiary/aromatic N) is 3. The van der Waals surface area contributed by atoms with Gasteiger partial charge in [-0.05, 0) is 18.9 Å². The maximum atomic E-state index is 12.3. The molecular formula is C19H30N4O3S. The number of hydrogen-bond acceptors (Lipinski definition) is 4. The number of piperazine rings is 1. The lowest BCUT2D eigenvalue weighted by Gasteiger charge is -2.36. The molecule has 0 aliphatic carbocycles. The zero-order chi connectivity index (χ0) is 19.7. The first-order valence-corrected chi connectivity index (χ1v) is 11.3. The van der Waals surface area contributed by atoms with E-state index in [1.165, 1.54) is 0 Å². The highest BCUT2D eigenvalue weighted by molar-refractivity contribution is 7.90. The molecule has 1 aromatic rings. The lowest BCUT2D eigenvalue weighted by Crippen LogP contribution is -2.53. The van der Waals surface area contributed by atoms with Gasteiger partial charge in [-0.3, -0.25) is 9.79 Å². The molecule has 0 unspecified atom stereocenters. The Labute approximate surface area is 162 Å². The van der Waals surface area contributed by atoms with Crippen molar-refractivity contribution in [2.45, 2.75) is 26.0 Å². The van der Waals surface area contributed by atoms with Crippen LogP contribution < -0.4 is 5.32 Å². The van der Waals surface area contributed by atoms with E-state index in [-0.39, 0.29) is 17.4 Å². The minimum atomic E-state index is -3.13. The molecule has 1 saturated heterocycles. The van der Waals surface area contributed by atoms with Crippen LogP contribution in [0.25, 0.3) is 0 Å². The molecule has 1 amide bonds. The molecule has 1 fully saturated rings. The number of carbonyl (C=O) groups excluding carboxylic acids is 1. The molecule has 0 atom stereocenters. The van der Waals surface area contributed by atoms with Crippen molar-refractivity contribution in [1.82, 2.24) is 15.1 Å². The van der Waals surface area contributed by atoms with Gasteiger partial charge in [0.2, 0.25) is 5.91 Å². The standard InChI is InChI=1S/C19H30N4O3S/c1-3-20-19(23-13-11-22(12-14-23)17(2)24)21-10-7-15-27(25,26)16-18-8-5-4-6-9-18/h4-6,8-9H,3,7,10-16H2,1-2H3,(H,20,21). The molecule has 7 nitrogen and oxygen atoms in total. The van der Waals surface area contributed by atoms with Gasteiger partial charge in [-0.1, -0.05) is 30.3 Å². The van der Waals surface area contributed by atoms with Crippen LogP contribution in [0, 0.1) is 0 Å². The van der Waals surface area contributed by atoms with Gasteiger partial charge >= 0.3 is 0 Å². The van der Waals surface area contributed by atoms with Crippen LogP contribution in [-0.2, 0) is 20.4 Å². The molecule has 1 aromatic carbocycles. The molecule has 0 spiro atoms. The summed E-state index contributed by atoms with van der Waals surface area (Å²) >= 11 is 0. The van der Waals surface area contributed by atoms with Gasteiger partial charge in [0.1, 0.15) is 0 Å². The second kappa shape index (κ2) is 10.3. The Morgan fingerprint density at radius 2 is 1.74 bits per heavy atom. The molecule has 0 bridgehead atoms. The first-order valence-electron chi connectivity index (χ1n) is 9.44. The summed E-state index contributed by atoms with van der Waals surface area (Å²) in [4.78, 5) is 20.0. The van der Waals surface area contributed by atoms with E-state index in [1.54, 1.807) is 6.92 Å². The zero-order valence-electron chi connectivity index (χ0n) is 16.2. The molecule has 1 heterocycles. The highest BCUT2D eigenvalue weighted by Gasteiger charge is 2.20. The van der Waals surface area contributed by atoms with E-state index in [0.717, 1.165) is 31.2 Å². The van der Waals surface area contributed by atoms with Crippen molar-refractivity contribution in [1.29, 1.82) is 0 Å². The number of sulfone groups is 1. The first-order chi connectivity index (χ1) is 12.9. The van der Waals surface area contributed by atoms with Crippen molar-refractivity contribution in [3.63, 3.8) is 0 Å². The molecule has 1 aliphatic heterocycles. The van der Waals surface area contributed by atoms with Gasteiger partial charge in [0, 0.05) is 46.2 Å². The van der Waals surface area contributed by atoms with Crippen molar-refractivity contribution in [2.75, 3.05) is 45.0 Å². The maximum absolute atomic E-state index is 12.3. The van der Waals surface area contributed by atoms with Gasteiger partial charge in [0.15, 0.2) is 15.8 Å². The number of benzene rings is 1. The lowest BCUT2D eigenvalue weighted by molar-refractivity contribution is -0.130. The Balaban J connectivity index is 1.83. The summed E-state index contributed by atoms with van der Waals surface area (Å²) in [6, 6.07) is 9.25.